The third-order valence-corrected chi connectivity index (χ3v) is 8.04. The Morgan fingerprint density at radius 2 is 1.60 bits per heavy atom. The van der Waals surface area contributed by atoms with Gasteiger partial charge in [0.15, 0.2) is 23.0 Å². The van der Waals surface area contributed by atoms with Crippen molar-refractivity contribution in [3.05, 3.63) is 45.9 Å². The van der Waals surface area contributed by atoms with Gasteiger partial charge in [0.1, 0.15) is 6.04 Å². The number of hydrogen-bond acceptors (Lipinski definition) is 9. The lowest BCUT2D eigenvalue weighted by Crippen LogP contribution is -2.08. The molecule has 1 unspecified atom stereocenters. The van der Waals surface area contributed by atoms with Gasteiger partial charge < -0.3 is 23.7 Å². The Morgan fingerprint density at radius 1 is 0.967 bits per heavy atom. The SMILES string of the molecule is COc1cc(C(N=O)c2cc3c(cc2C2SCCCS2)OCO3)cc(OC)c1OC. The van der Waals surface area contributed by atoms with Gasteiger partial charge in [-0.05, 0) is 58.9 Å². The number of methoxy groups -OCH3 is 3. The Morgan fingerprint density at radius 3 is 2.17 bits per heavy atom. The summed E-state index contributed by atoms with van der Waals surface area (Å²) in [4.78, 5) is 12.1. The van der Waals surface area contributed by atoms with Gasteiger partial charge in [-0.15, -0.1) is 28.4 Å². The first kappa shape index (κ1) is 21.0. The van der Waals surface area contributed by atoms with Crippen LogP contribution in [-0.4, -0.2) is 39.6 Å². The van der Waals surface area contributed by atoms with Gasteiger partial charge >= 0.3 is 0 Å². The molecular weight excluding hydrogens is 426 g/mol. The van der Waals surface area contributed by atoms with Crippen LogP contribution in [0.4, 0.5) is 0 Å². The van der Waals surface area contributed by atoms with Crippen LogP contribution in [0.2, 0.25) is 0 Å². The molecule has 1 fully saturated rings. The summed E-state index contributed by atoms with van der Waals surface area (Å²) in [5.41, 5.74) is 2.49. The van der Waals surface area contributed by atoms with Crippen LogP contribution in [0.25, 0.3) is 0 Å². The minimum Gasteiger partial charge on any atom is -0.493 e. The van der Waals surface area contributed by atoms with Crippen molar-refractivity contribution in [2.45, 2.75) is 17.0 Å². The molecule has 7 nitrogen and oxygen atoms in total. The van der Waals surface area contributed by atoms with E-state index >= 15 is 0 Å². The van der Waals surface area contributed by atoms with Crippen LogP contribution < -0.4 is 23.7 Å². The highest BCUT2D eigenvalue weighted by atomic mass is 32.2. The summed E-state index contributed by atoms with van der Waals surface area (Å²) in [5, 5.41) is 3.50. The molecule has 0 aromatic heterocycles. The van der Waals surface area contributed by atoms with Crippen molar-refractivity contribution in [1.29, 1.82) is 0 Å². The van der Waals surface area contributed by atoms with E-state index in [-0.39, 0.29) is 11.4 Å². The van der Waals surface area contributed by atoms with Gasteiger partial charge in [0.05, 0.1) is 25.9 Å². The number of nitroso groups, excluding NO2 is 1. The lowest BCUT2D eigenvalue weighted by molar-refractivity contribution is 0.174. The fourth-order valence-corrected chi connectivity index (χ4v) is 6.60. The maximum absolute atomic E-state index is 12.1. The van der Waals surface area contributed by atoms with E-state index in [4.69, 9.17) is 23.7 Å². The maximum atomic E-state index is 12.1. The Balaban J connectivity index is 1.84. The van der Waals surface area contributed by atoms with Crippen LogP contribution in [0.5, 0.6) is 28.7 Å². The van der Waals surface area contributed by atoms with Crippen molar-refractivity contribution < 1.29 is 23.7 Å². The van der Waals surface area contributed by atoms with E-state index in [1.54, 1.807) is 33.5 Å². The molecule has 2 heterocycles. The summed E-state index contributed by atoms with van der Waals surface area (Å²) in [6, 6.07) is 6.64. The maximum Gasteiger partial charge on any atom is 0.231 e. The van der Waals surface area contributed by atoms with Crippen molar-refractivity contribution in [2.24, 2.45) is 5.18 Å². The molecule has 1 atom stereocenters. The molecule has 0 spiro atoms. The lowest BCUT2D eigenvalue weighted by Gasteiger charge is -2.26. The molecule has 160 valence electrons. The van der Waals surface area contributed by atoms with E-state index in [0.29, 0.717) is 34.3 Å². The van der Waals surface area contributed by atoms with Crippen LogP contribution in [0.3, 0.4) is 0 Å². The number of rotatable bonds is 7. The van der Waals surface area contributed by atoms with Crippen molar-refractivity contribution in [3.8, 4) is 28.7 Å². The van der Waals surface area contributed by atoms with E-state index in [9.17, 15) is 4.91 Å². The minimum absolute atomic E-state index is 0.173. The predicted molar refractivity (Wildman–Crippen MR) is 119 cm³/mol. The summed E-state index contributed by atoms with van der Waals surface area (Å²) in [6.07, 6.45) is 1.17. The topological polar surface area (TPSA) is 75.6 Å². The van der Waals surface area contributed by atoms with E-state index in [1.807, 2.05) is 35.7 Å². The predicted octanol–water partition coefficient (Wildman–Crippen LogP) is 5.17. The third kappa shape index (κ3) is 3.88. The molecule has 9 heteroatoms. The van der Waals surface area contributed by atoms with Gasteiger partial charge in [0.25, 0.3) is 0 Å². The van der Waals surface area contributed by atoms with Gasteiger partial charge in [0, 0.05) is 0 Å². The largest absolute Gasteiger partial charge is 0.493 e. The summed E-state index contributed by atoms with van der Waals surface area (Å²) in [7, 11) is 4.64. The Kier molecular flexibility index (Phi) is 6.48. The minimum atomic E-state index is -0.758. The quantitative estimate of drug-likeness (QED) is 0.536. The number of hydrogen-bond donors (Lipinski definition) is 0. The fourth-order valence-electron chi connectivity index (χ4n) is 3.64. The summed E-state index contributed by atoms with van der Waals surface area (Å²) >= 11 is 3.75. The Hall–Kier alpha value is -2.26. The average Bonchev–Trinajstić information content (AvgIpc) is 3.26. The second kappa shape index (κ2) is 9.26. The standard InChI is InChI=1S/C21H23NO6S2/c1-24-17-7-12(8-18(25-2)20(17)26-3)19(22-23)13-9-15-16(28-11-27-15)10-14(13)21-29-5-4-6-30-21/h7-10,19,21H,4-6,11H2,1-3H3. The summed E-state index contributed by atoms with van der Waals surface area (Å²) in [6.45, 7) is 0.173. The molecule has 2 aliphatic rings. The smallest absolute Gasteiger partial charge is 0.231 e. The molecule has 4 rings (SSSR count). The second-order valence-electron chi connectivity index (χ2n) is 6.73. The molecule has 0 N–H and O–H groups in total. The molecule has 0 bridgehead atoms. The molecule has 2 aromatic carbocycles. The highest BCUT2D eigenvalue weighted by molar-refractivity contribution is 8.16. The van der Waals surface area contributed by atoms with Crippen molar-refractivity contribution >= 4 is 23.5 Å². The molecule has 2 aromatic rings. The monoisotopic (exact) mass is 449 g/mol. The highest BCUT2D eigenvalue weighted by Crippen LogP contribution is 2.51. The van der Waals surface area contributed by atoms with Crippen LogP contribution in [0.15, 0.2) is 29.4 Å². The summed E-state index contributed by atoms with van der Waals surface area (Å²) in [5.74, 6) is 4.91. The molecule has 1 saturated heterocycles. The normalized spacial score (nSPS) is 16.8. The Bertz CT molecular complexity index is 907. The number of nitrogens with zero attached hydrogens (tertiary/aromatic N) is 1. The first-order chi connectivity index (χ1) is 14.7. The molecular formula is C21H23NO6S2. The third-order valence-electron chi connectivity index (χ3n) is 5.06. The molecule has 0 amide bonds. The molecule has 0 aliphatic carbocycles. The van der Waals surface area contributed by atoms with E-state index in [1.165, 1.54) is 6.42 Å². The van der Waals surface area contributed by atoms with Gasteiger partial charge in [-0.1, -0.05) is 5.18 Å². The number of ether oxygens (including phenoxy) is 5. The number of fused-ring (bicyclic) bond motifs is 1. The highest BCUT2D eigenvalue weighted by Gasteiger charge is 2.30. The number of benzene rings is 2. The van der Waals surface area contributed by atoms with E-state index < -0.39 is 6.04 Å². The second-order valence-corrected chi connectivity index (χ2v) is 9.45. The number of thioether (sulfide) groups is 2. The fraction of sp³-hybridized carbons (Fsp3) is 0.429. The zero-order chi connectivity index (χ0) is 21.1. The van der Waals surface area contributed by atoms with Crippen LogP contribution >= 0.6 is 23.5 Å². The van der Waals surface area contributed by atoms with E-state index in [0.717, 1.165) is 22.6 Å². The van der Waals surface area contributed by atoms with Gasteiger partial charge in [-0.3, -0.25) is 0 Å². The van der Waals surface area contributed by atoms with Crippen LogP contribution in [-0.2, 0) is 0 Å². The van der Waals surface area contributed by atoms with Crippen LogP contribution in [0, 0.1) is 4.91 Å². The zero-order valence-electron chi connectivity index (χ0n) is 17.0. The Labute approximate surface area is 183 Å². The molecule has 30 heavy (non-hydrogen) atoms. The zero-order valence-corrected chi connectivity index (χ0v) is 18.6. The molecule has 2 aliphatic heterocycles. The van der Waals surface area contributed by atoms with Gasteiger partial charge in [-0.25, -0.2) is 0 Å². The van der Waals surface area contributed by atoms with Crippen LogP contribution in [0.1, 0.15) is 33.7 Å². The first-order valence-corrected chi connectivity index (χ1v) is 11.6. The average molecular weight is 450 g/mol. The first-order valence-electron chi connectivity index (χ1n) is 9.49. The van der Waals surface area contributed by atoms with Crippen molar-refractivity contribution in [1.82, 2.24) is 0 Å². The van der Waals surface area contributed by atoms with Crippen molar-refractivity contribution in [3.63, 3.8) is 0 Å². The lowest BCUT2D eigenvalue weighted by atomic mass is 9.94. The summed E-state index contributed by atoms with van der Waals surface area (Å²) < 4.78 is 27.7. The molecule has 0 saturated carbocycles. The van der Waals surface area contributed by atoms with Crippen molar-refractivity contribution in [2.75, 3.05) is 39.6 Å². The van der Waals surface area contributed by atoms with E-state index in [2.05, 4.69) is 5.18 Å². The van der Waals surface area contributed by atoms with Gasteiger partial charge in [0.2, 0.25) is 12.5 Å². The molecule has 0 radical (unpaired) electrons. The van der Waals surface area contributed by atoms with Gasteiger partial charge in [-0.2, -0.15) is 0 Å².